The van der Waals surface area contributed by atoms with Crippen molar-refractivity contribution in [1.82, 2.24) is 16.0 Å². The van der Waals surface area contributed by atoms with Crippen LogP contribution in [0.2, 0.25) is 5.02 Å². The molecule has 2 unspecified atom stereocenters. The van der Waals surface area contributed by atoms with E-state index in [0.717, 1.165) is 86.9 Å². The third-order valence-electron chi connectivity index (χ3n) is 6.96. The first-order valence-electron chi connectivity index (χ1n) is 14.9. The standard InChI is InChI=1S/C24H35ClN2O2.C6H11NO.C2H6/c1-5-8-21(22(7-3)27-20-13-14-29-16-20)23(17(4)6-2)24(28)26-15-18-9-11-19(25)12-10-18;1-2-5-3-4-6(8)7-5;1-2/h9-12,20,27H,5-8,13-16H2,1-4H3,(H,26,28);5H,2-4H2,1H3,(H,7,8);1-2H3/b22-21-,23-17?;;. The molecule has 2 fully saturated rings. The molecule has 220 valence electrons. The lowest BCUT2D eigenvalue weighted by molar-refractivity contribution is -0.119. The van der Waals surface area contributed by atoms with Gasteiger partial charge in [0, 0.05) is 41.9 Å². The van der Waals surface area contributed by atoms with Crippen LogP contribution >= 0.6 is 11.6 Å². The van der Waals surface area contributed by atoms with Crippen LogP contribution in [-0.2, 0) is 20.9 Å². The number of nitrogens with one attached hydrogen (secondary N) is 3. The van der Waals surface area contributed by atoms with Crippen LogP contribution in [0.4, 0.5) is 0 Å². The number of benzene rings is 1. The molecular formula is C32H52ClN3O3. The van der Waals surface area contributed by atoms with E-state index in [4.69, 9.17) is 16.3 Å². The molecule has 2 aliphatic heterocycles. The average molecular weight is 562 g/mol. The van der Waals surface area contributed by atoms with Crippen LogP contribution in [0.25, 0.3) is 0 Å². The van der Waals surface area contributed by atoms with E-state index in [2.05, 4.69) is 50.6 Å². The largest absolute Gasteiger partial charge is 0.383 e. The van der Waals surface area contributed by atoms with Gasteiger partial charge in [0.1, 0.15) is 0 Å². The molecule has 7 heteroatoms. The van der Waals surface area contributed by atoms with Crippen LogP contribution in [0.5, 0.6) is 0 Å². The molecule has 3 rings (SSSR count). The third kappa shape index (κ3) is 12.2. The van der Waals surface area contributed by atoms with Gasteiger partial charge in [0.05, 0.1) is 12.6 Å². The molecule has 2 heterocycles. The van der Waals surface area contributed by atoms with Crippen LogP contribution in [0, 0.1) is 0 Å². The van der Waals surface area contributed by atoms with Gasteiger partial charge in [-0.1, -0.05) is 77.3 Å². The van der Waals surface area contributed by atoms with E-state index in [1.54, 1.807) is 0 Å². The molecule has 2 saturated heterocycles. The minimum absolute atomic E-state index is 0.00169. The number of halogens is 1. The Bertz CT molecular complexity index is 934. The summed E-state index contributed by atoms with van der Waals surface area (Å²) >= 11 is 5.97. The molecule has 0 radical (unpaired) electrons. The number of rotatable bonds is 11. The summed E-state index contributed by atoms with van der Waals surface area (Å²) in [7, 11) is 0. The minimum atomic E-state index is -0.00169. The molecule has 6 nitrogen and oxygen atoms in total. The van der Waals surface area contributed by atoms with E-state index in [1.807, 2.05) is 38.1 Å². The average Bonchev–Trinajstić information content (AvgIpc) is 3.64. The fourth-order valence-corrected chi connectivity index (χ4v) is 4.72. The van der Waals surface area contributed by atoms with E-state index < -0.39 is 0 Å². The van der Waals surface area contributed by atoms with Crippen molar-refractivity contribution in [2.24, 2.45) is 0 Å². The van der Waals surface area contributed by atoms with Crippen molar-refractivity contribution in [2.45, 2.75) is 118 Å². The Labute approximate surface area is 242 Å². The van der Waals surface area contributed by atoms with Crippen LogP contribution in [0.3, 0.4) is 0 Å². The van der Waals surface area contributed by atoms with Crippen molar-refractivity contribution >= 4 is 23.4 Å². The van der Waals surface area contributed by atoms with E-state index in [0.29, 0.717) is 23.7 Å². The van der Waals surface area contributed by atoms with Crippen molar-refractivity contribution in [3.05, 3.63) is 57.3 Å². The number of carbonyl (C=O) groups excluding carboxylic acids is 2. The maximum absolute atomic E-state index is 13.3. The van der Waals surface area contributed by atoms with Gasteiger partial charge in [-0.25, -0.2) is 0 Å². The molecule has 39 heavy (non-hydrogen) atoms. The summed E-state index contributed by atoms with van der Waals surface area (Å²) in [5.74, 6) is 0.218. The topological polar surface area (TPSA) is 79.5 Å². The highest BCUT2D eigenvalue weighted by molar-refractivity contribution is 6.30. The maximum atomic E-state index is 13.3. The van der Waals surface area contributed by atoms with Gasteiger partial charge in [0.15, 0.2) is 0 Å². The Hall–Kier alpha value is -2.31. The van der Waals surface area contributed by atoms with E-state index in [-0.39, 0.29) is 11.8 Å². The first kappa shape index (κ1) is 34.7. The van der Waals surface area contributed by atoms with Crippen molar-refractivity contribution < 1.29 is 14.3 Å². The number of hydrogen-bond acceptors (Lipinski definition) is 4. The smallest absolute Gasteiger partial charge is 0.251 e. The van der Waals surface area contributed by atoms with Gasteiger partial charge in [-0.2, -0.15) is 0 Å². The second kappa shape index (κ2) is 19.7. The van der Waals surface area contributed by atoms with Gasteiger partial charge in [0.2, 0.25) is 5.91 Å². The van der Waals surface area contributed by atoms with E-state index >= 15 is 0 Å². The monoisotopic (exact) mass is 561 g/mol. The first-order valence-corrected chi connectivity index (χ1v) is 15.3. The van der Waals surface area contributed by atoms with Crippen LogP contribution in [0.1, 0.15) is 105 Å². The molecule has 0 spiro atoms. The van der Waals surface area contributed by atoms with Crippen LogP contribution < -0.4 is 16.0 Å². The molecule has 2 amide bonds. The predicted molar refractivity (Wildman–Crippen MR) is 164 cm³/mol. The second-order valence-electron chi connectivity index (χ2n) is 9.79. The number of carbonyl (C=O) groups is 2. The Morgan fingerprint density at radius 1 is 1.08 bits per heavy atom. The summed E-state index contributed by atoms with van der Waals surface area (Å²) < 4.78 is 5.53. The fourth-order valence-electron chi connectivity index (χ4n) is 4.60. The highest BCUT2D eigenvalue weighted by Crippen LogP contribution is 2.27. The minimum Gasteiger partial charge on any atom is -0.383 e. The zero-order chi connectivity index (χ0) is 29.2. The number of amides is 2. The highest BCUT2D eigenvalue weighted by Gasteiger charge is 2.23. The molecule has 0 aliphatic carbocycles. The second-order valence-corrected chi connectivity index (χ2v) is 10.2. The molecule has 0 bridgehead atoms. The predicted octanol–water partition coefficient (Wildman–Crippen LogP) is 7.23. The van der Waals surface area contributed by atoms with Gasteiger partial charge in [0.25, 0.3) is 5.91 Å². The van der Waals surface area contributed by atoms with Gasteiger partial charge in [-0.05, 0) is 68.7 Å². The summed E-state index contributed by atoms with van der Waals surface area (Å²) in [5, 5.41) is 10.4. The quantitative estimate of drug-likeness (QED) is 0.197. The molecular weight excluding hydrogens is 510 g/mol. The lowest BCUT2D eigenvalue weighted by atomic mass is 9.92. The molecule has 0 aromatic heterocycles. The molecule has 2 aliphatic rings. The molecule has 2 atom stereocenters. The zero-order valence-corrected chi connectivity index (χ0v) is 26.1. The van der Waals surface area contributed by atoms with Crippen LogP contribution in [0.15, 0.2) is 46.7 Å². The van der Waals surface area contributed by atoms with Gasteiger partial charge in [-0.3, -0.25) is 9.59 Å². The Kier molecular flexibility index (Phi) is 17.5. The molecule has 3 N–H and O–H groups in total. The lowest BCUT2D eigenvalue weighted by Gasteiger charge is -2.23. The van der Waals surface area contributed by atoms with E-state index in [1.165, 1.54) is 5.70 Å². The van der Waals surface area contributed by atoms with Gasteiger partial charge in [-0.15, -0.1) is 0 Å². The van der Waals surface area contributed by atoms with Crippen molar-refractivity contribution in [3.63, 3.8) is 0 Å². The normalized spacial score (nSPS) is 19.4. The number of ether oxygens (including phenoxy) is 1. The maximum Gasteiger partial charge on any atom is 0.251 e. The summed E-state index contributed by atoms with van der Waals surface area (Å²) in [4.78, 5) is 23.8. The summed E-state index contributed by atoms with van der Waals surface area (Å²) in [5.41, 5.74) is 5.32. The zero-order valence-electron chi connectivity index (χ0n) is 25.3. The Balaban J connectivity index is 0.000000641. The molecule has 1 aromatic rings. The summed E-state index contributed by atoms with van der Waals surface area (Å²) in [6.07, 6.45) is 7.45. The Morgan fingerprint density at radius 3 is 2.23 bits per heavy atom. The molecule has 1 aromatic carbocycles. The van der Waals surface area contributed by atoms with E-state index in [9.17, 15) is 9.59 Å². The number of allylic oxidation sites excluding steroid dienone is 2. The Morgan fingerprint density at radius 2 is 1.77 bits per heavy atom. The third-order valence-corrected chi connectivity index (χ3v) is 7.21. The number of hydrogen-bond donors (Lipinski definition) is 3. The first-order chi connectivity index (χ1) is 18.8. The van der Waals surface area contributed by atoms with Crippen molar-refractivity contribution in [2.75, 3.05) is 13.2 Å². The lowest BCUT2D eigenvalue weighted by Crippen LogP contribution is -2.32. The van der Waals surface area contributed by atoms with Gasteiger partial charge < -0.3 is 20.7 Å². The summed E-state index contributed by atoms with van der Waals surface area (Å²) in [6.45, 7) is 16.6. The SMILES string of the molecule is CC.CCC/C(C(C(=O)NCc1ccc(Cl)cc1)=C(C)CC)=C(\CC)NC1CCOC1.CCC1CCC(=O)N1. The van der Waals surface area contributed by atoms with Crippen LogP contribution in [-0.4, -0.2) is 37.1 Å². The molecule has 0 saturated carbocycles. The highest BCUT2D eigenvalue weighted by atomic mass is 35.5. The summed E-state index contributed by atoms with van der Waals surface area (Å²) in [6, 6.07) is 8.39. The fraction of sp³-hybridized carbons (Fsp3) is 0.625. The van der Waals surface area contributed by atoms with Gasteiger partial charge >= 0.3 is 0 Å². The van der Waals surface area contributed by atoms with Crippen molar-refractivity contribution in [3.8, 4) is 0 Å². The van der Waals surface area contributed by atoms with Crippen molar-refractivity contribution in [1.29, 1.82) is 0 Å².